The molecule has 2 saturated heterocycles. The van der Waals surface area contributed by atoms with Gasteiger partial charge in [0.2, 0.25) is 5.91 Å². The molecular formula is C20H25N3O3S. The number of hydrogen-bond donors (Lipinski definition) is 0. The Labute approximate surface area is 163 Å². The smallest absolute Gasteiger partial charge is 0.253 e. The molecule has 3 heterocycles. The number of nitrogens with zero attached hydrogens (tertiary/aromatic N) is 3. The Hall–Kier alpha value is -1.99. The largest absolute Gasteiger partial charge is 0.383 e. The van der Waals surface area contributed by atoms with Gasteiger partial charge in [0.05, 0.1) is 22.3 Å². The summed E-state index contributed by atoms with van der Waals surface area (Å²) in [7, 11) is 1.66. The van der Waals surface area contributed by atoms with Crippen molar-refractivity contribution in [1.82, 2.24) is 14.8 Å². The molecule has 27 heavy (non-hydrogen) atoms. The number of rotatable bonds is 4. The van der Waals surface area contributed by atoms with Crippen molar-refractivity contribution < 1.29 is 14.3 Å². The van der Waals surface area contributed by atoms with E-state index in [4.69, 9.17) is 4.74 Å². The number of benzene rings is 1. The Morgan fingerprint density at radius 1 is 1.33 bits per heavy atom. The Balaban J connectivity index is 1.49. The van der Waals surface area contributed by atoms with Crippen LogP contribution in [-0.2, 0) is 9.53 Å². The fraction of sp³-hybridized carbons (Fsp3) is 0.550. The zero-order valence-corrected chi connectivity index (χ0v) is 16.5. The molecule has 1 atom stereocenters. The van der Waals surface area contributed by atoms with Gasteiger partial charge in [-0.15, -0.1) is 11.3 Å². The van der Waals surface area contributed by atoms with E-state index in [0.29, 0.717) is 19.6 Å². The van der Waals surface area contributed by atoms with Crippen molar-refractivity contribution in [3.8, 4) is 0 Å². The molecule has 0 aliphatic carbocycles. The first-order valence-electron chi connectivity index (χ1n) is 9.49. The summed E-state index contributed by atoms with van der Waals surface area (Å²) in [5.41, 5.74) is 3.49. The number of piperidine rings is 2. The molecule has 0 radical (unpaired) electrons. The average molecular weight is 388 g/mol. The number of thiazole rings is 1. The van der Waals surface area contributed by atoms with Crippen molar-refractivity contribution >= 4 is 33.4 Å². The summed E-state index contributed by atoms with van der Waals surface area (Å²) in [6.45, 7) is 3.43. The molecule has 6 nitrogen and oxygen atoms in total. The first kappa shape index (κ1) is 18.4. The molecule has 1 unspecified atom stereocenters. The van der Waals surface area contributed by atoms with Gasteiger partial charge in [-0.2, -0.15) is 0 Å². The van der Waals surface area contributed by atoms with Crippen molar-refractivity contribution in [2.75, 3.05) is 39.9 Å². The van der Waals surface area contributed by atoms with Gasteiger partial charge in [0.15, 0.2) is 0 Å². The lowest BCUT2D eigenvalue weighted by Gasteiger charge is -2.48. The molecule has 144 valence electrons. The van der Waals surface area contributed by atoms with Gasteiger partial charge in [-0.25, -0.2) is 4.98 Å². The molecular weight excluding hydrogens is 362 g/mol. The van der Waals surface area contributed by atoms with Crippen molar-refractivity contribution in [1.29, 1.82) is 0 Å². The number of methoxy groups -OCH3 is 1. The number of carbonyl (C=O) groups is 2. The van der Waals surface area contributed by atoms with Crippen LogP contribution in [0.2, 0.25) is 0 Å². The summed E-state index contributed by atoms with van der Waals surface area (Å²) in [4.78, 5) is 33.6. The molecule has 0 N–H and O–H groups in total. The zero-order valence-electron chi connectivity index (χ0n) is 15.6. The predicted octanol–water partition coefficient (Wildman–Crippen LogP) is 2.79. The lowest BCUT2D eigenvalue weighted by molar-refractivity contribution is -0.139. The third kappa shape index (κ3) is 3.71. The first-order valence-corrected chi connectivity index (χ1v) is 10.4. The van der Waals surface area contributed by atoms with Gasteiger partial charge in [-0.1, -0.05) is 0 Å². The van der Waals surface area contributed by atoms with Gasteiger partial charge in [0.25, 0.3) is 5.91 Å². The topological polar surface area (TPSA) is 62.7 Å². The highest BCUT2D eigenvalue weighted by Gasteiger charge is 2.42. The van der Waals surface area contributed by atoms with Crippen LogP contribution in [0.5, 0.6) is 0 Å². The van der Waals surface area contributed by atoms with Crippen molar-refractivity contribution in [2.45, 2.75) is 25.7 Å². The Morgan fingerprint density at radius 2 is 2.22 bits per heavy atom. The van der Waals surface area contributed by atoms with Crippen LogP contribution in [0.1, 0.15) is 36.0 Å². The van der Waals surface area contributed by atoms with Crippen LogP contribution >= 0.6 is 11.3 Å². The van der Waals surface area contributed by atoms with E-state index < -0.39 is 0 Å². The number of fused-ring (bicyclic) bond motifs is 1. The molecule has 7 heteroatoms. The van der Waals surface area contributed by atoms with E-state index in [1.807, 2.05) is 33.5 Å². The van der Waals surface area contributed by atoms with Gasteiger partial charge in [0, 0.05) is 50.7 Å². The second-order valence-corrected chi connectivity index (χ2v) is 8.56. The normalized spacial score (nSPS) is 23.4. The van der Waals surface area contributed by atoms with E-state index in [-0.39, 0.29) is 17.2 Å². The molecule has 0 saturated carbocycles. The van der Waals surface area contributed by atoms with E-state index in [9.17, 15) is 9.59 Å². The standard InChI is InChI=1S/C20H25N3O3S/c1-26-10-9-22-12-20(7-5-18(22)24)6-2-8-23(13-20)19(25)15-3-4-16-17(11-15)27-14-21-16/h3-4,11,14H,2,5-10,12-13H2,1H3. The van der Waals surface area contributed by atoms with Crippen molar-refractivity contribution in [3.05, 3.63) is 29.3 Å². The van der Waals surface area contributed by atoms with E-state index in [1.54, 1.807) is 18.4 Å². The second kappa shape index (κ2) is 7.56. The molecule has 2 aliphatic rings. The SMILES string of the molecule is COCCN1CC2(CCCN(C(=O)c3ccc4ncsc4c3)C2)CCC1=O. The maximum Gasteiger partial charge on any atom is 0.253 e. The summed E-state index contributed by atoms with van der Waals surface area (Å²) in [5.74, 6) is 0.293. The molecule has 2 amide bonds. The van der Waals surface area contributed by atoms with Crippen LogP contribution < -0.4 is 0 Å². The Bertz CT molecular complexity index is 852. The summed E-state index contributed by atoms with van der Waals surface area (Å²) >= 11 is 1.56. The fourth-order valence-corrected chi connectivity index (χ4v) is 5.11. The molecule has 2 aromatic rings. The molecule has 4 rings (SSSR count). The van der Waals surface area contributed by atoms with Crippen LogP contribution in [0.4, 0.5) is 0 Å². The van der Waals surface area contributed by atoms with E-state index >= 15 is 0 Å². The highest BCUT2D eigenvalue weighted by molar-refractivity contribution is 7.16. The van der Waals surface area contributed by atoms with Gasteiger partial charge in [0.1, 0.15) is 0 Å². The lowest BCUT2D eigenvalue weighted by atomic mass is 9.73. The van der Waals surface area contributed by atoms with Crippen LogP contribution in [0, 0.1) is 5.41 Å². The highest BCUT2D eigenvalue weighted by atomic mass is 32.1. The number of hydrogen-bond acceptors (Lipinski definition) is 5. The number of likely N-dealkylation sites (tertiary alicyclic amines) is 2. The molecule has 1 aromatic carbocycles. The Kier molecular flexibility index (Phi) is 5.14. The van der Waals surface area contributed by atoms with Crippen LogP contribution in [0.25, 0.3) is 10.2 Å². The number of amides is 2. The van der Waals surface area contributed by atoms with Crippen molar-refractivity contribution in [2.24, 2.45) is 5.41 Å². The molecule has 1 aromatic heterocycles. The molecule has 1 spiro atoms. The van der Waals surface area contributed by atoms with Gasteiger partial charge < -0.3 is 14.5 Å². The van der Waals surface area contributed by atoms with Crippen molar-refractivity contribution in [3.63, 3.8) is 0 Å². The summed E-state index contributed by atoms with van der Waals surface area (Å²) in [6.07, 6.45) is 3.49. The monoisotopic (exact) mass is 387 g/mol. The lowest BCUT2D eigenvalue weighted by Crippen LogP contribution is -2.55. The number of ether oxygens (including phenoxy) is 1. The number of carbonyl (C=O) groups excluding carboxylic acids is 2. The first-order chi connectivity index (χ1) is 13.1. The van der Waals surface area contributed by atoms with Crippen LogP contribution in [0.15, 0.2) is 23.7 Å². The van der Waals surface area contributed by atoms with E-state index in [2.05, 4.69) is 4.98 Å². The maximum atomic E-state index is 13.1. The minimum atomic E-state index is 0.0180. The maximum absolute atomic E-state index is 13.1. The quantitative estimate of drug-likeness (QED) is 0.809. The zero-order chi connectivity index (χ0) is 18.9. The third-order valence-corrected chi connectivity index (χ3v) is 6.63. The highest BCUT2D eigenvalue weighted by Crippen LogP contribution is 2.39. The van der Waals surface area contributed by atoms with Crippen LogP contribution in [0.3, 0.4) is 0 Å². The summed E-state index contributed by atoms with van der Waals surface area (Å²) in [5, 5.41) is 0. The van der Waals surface area contributed by atoms with Crippen LogP contribution in [-0.4, -0.2) is 66.5 Å². The van der Waals surface area contributed by atoms with Gasteiger partial charge in [-0.3, -0.25) is 9.59 Å². The minimum absolute atomic E-state index is 0.0180. The van der Waals surface area contributed by atoms with Gasteiger partial charge in [-0.05, 0) is 37.5 Å². The molecule has 2 aliphatic heterocycles. The molecule has 0 bridgehead atoms. The minimum Gasteiger partial charge on any atom is -0.383 e. The number of aromatic nitrogens is 1. The van der Waals surface area contributed by atoms with E-state index in [1.165, 1.54) is 0 Å². The predicted molar refractivity (Wildman–Crippen MR) is 105 cm³/mol. The second-order valence-electron chi connectivity index (χ2n) is 7.67. The fourth-order valence-electron chi connectivity index (χ4n) is 4.39. The van der Waals surface area contributed by atoms with Gasteiger partial charge >= 0.3 is 0 Å². The molecule has 2 fully saturated rings. The Morgan fingerprint density at radius 3 is 3.07 bits per heavy atom. The van der Waals surface area contributed by atoms with E-state index in [0.717, 1.165) is 54.7 Å². The summed E-state index contributed by atoms with van der Waals surface area (Å²) in [6, 6.07) is 5.75. The summed E-state index contributed by atoms with van der Waals surface area (Å²) < 4.78 is 6.19. The third-order valence-electron chi connectivity index (χ3n) is 5.84. The average Bonchev–Trinajstić information content (AvgIpc) is 3.16.